The monoisotopic (exact) mass is 415 g/mol. The lowest BCUT2D eigenvalue weighted by Crippen LogP contribution is -2.38. The summed E-state index contributed by atoms with van der Waals surface area (Å²) in [4.78, 5) is 40.2. The van der Waals surface area contributed by atoms with Gasteiger partial charge in [-0.2, -0.15) is 0 Å². The largest absolute Gasteiger partial charge is 0.487 e. The molecule has 0 fully saturated rings. The van der Waals surface area contributed by atoms with Crippen LogP contribution < -0.4 is 21.3 Å². The van der Waals surface area contributed by atoms with Crippen molar-refractivity contribution in [2.45, 2.75) is 20.1 Å². The van der Waals surface area contributed by atoms with Crippen molar-refractivity contribution in [1.29, 1.82) is 0 Å². The summed E-state index contributed by atoms with van der Waals surface area (Å²) in [6, 6.07) is 21.8. The number of carbonyl (C=O) groups is 1. The van der Waals surface area contributed by atoms with Crippen molar-refractivity contribution in [3.8, 4) is 5.75 Å². The van der Waals surface area contributed by atoms with Gasteiger partial charge in [-0.15, -0.1) is 0 Å². The lowest BCUT2D eigenvalue weighted by Gasteiger charge is -2.14. The number of fused-ring (bicyclic) bond motifs is 1. The highest BCUT2D eigenvalue weighted by atomic mass is 16.5. The van der Waals surface area contributed by atoms with E-state index in [1.54, 1.807) is 30.3 Å². The number of anilines is 1. The molecule has 3 aromatic carbocycles. The molecule has 0 spiro atoms. The Balaban J connectivity index is 1.55. The number of H-pyrrole nitrogens is 1. The molecular formula is C24H21N3O4. The van der Waals surface area contributed by atoms with Gasteiger partial charge in [-0.1, -0.05) is 48.5 Å². The number of ether oxygens (including phenoxy) is 1. The molecule has 0 unspecified atom stereocenters. The van der Waals surface area contributed by atoms with Gasteiger partial charge >= 0.3 is 5.69 Å². The highest BCUT2D eigenvalue weighted by molar-refractivity contribution is 5.92. The molecule has 1 amide bonds. The van der Waals surface area contributed by atoms with Crippen LogP contribution in [0.1, 0.15) is 11.1 Å². The standard InChI is InChI=1S/C24H21N3O4/c1-16-11-12-20(21(13-16)31-15-17-7-3-2-4-8-17)25-22(28)14-27-23(29)18-9-5-6-10-19(18)26-24(27)30/h2-13H,14-15H2,1H3,(H,25,28)(H,26,30). The Hall–Kier alpha value is -4.13. The molecule has 2 N–H and O–H groups in total. The Bertz CT molecular complexity index is 1360. The molecule has 0 atom stereocenters. The lowest BCUT2D eigenvalue weighted by molar-refractivity contribution is -0.116. The van der Waals surface area contributed by atoms with Gasteiger partial charge in [0.2, 0.25) is 5.91 Å². The van der Waals surface area contributed by atoms with E-state index in [0.717, 1.165) is 15.7 Å². The summed E-state index contributed by atoms with van der Waals surface area (Å²) in [6.07, 6.45) is 0. The molecule has 156 valence electrons. The molecule has 31 heavy (non-hydrogen) atoms. The van der Waals surface area contributed by atoms with Crippen LogP contribution in [0, 0.1) is 6.92 Å². The van der Waals surface area contributed by atoms with Gasteiger partial charge in [0.1, 0.15) is 18.9 Å². The number of para-hydroxylation sites is 1. The predicted molar refractivity (Wildman–Crippen MR) is 119 cm³/mol. The van der Waals surface area contributed by atoms with Crippen LogP contribution in [0.15, 0.2) is 82.4 Å². The molecule has 4 aromatic rings. The second kappa shape index (κ2) is 8.71. The van der Waals surface area contributed by atoms with E-state index in [1.165, 1.54) is 0 Å². The van der Waals surface area contributed by atoms with Crippen molar-refractivity contribution >= 4 is 22.5 Å². The van der Waals surface area contributed by atoms with Crippen LogP contribution in [0.4, 0.5) is 5.69 Å². The fourth-order valence-electron chi connectivity index (χ4n) is 3.26. The molecule has 0 saturated carbocycles. The molecule has 1 aromatic heterocycles. The number of rotatable bonds is 6. The number of aryl methyl sites for hydroxylation is 1. The molecule has 1 heterocycles. The maximum absolute atomic E-state index is 12.7. The van der Waals surface area contributed by atoms with Crippen molar-refractivity contribution in [3.63, 3.8) is 0 Å². The van der Waals surface area contributed by atoms with E-state index >= 15 is 0 Å². The molecule has 4 rings (SSSR count). The van der Waals surface area contributed by atoms with Crippen LogP contribution in [0.2, 0.25) is 0 Å². The SMILES string of the molecule is Cc1ccc(NC(=O)Cn2c(=O)[nH]c3ccccc3c2=O)c(OCc2ccccc2)c1. The summed E-state index contributed by atoms with van der Waals surface area (Å²) in [5.74, 6) is 0.00765. The van der Waals surface area contributed by atoms with Crippen molar-refractivity contribution in [1.82, 2.24) is 9.55 Å². The minimum atomic E-state index is -0.636. The average Bonchev–Trinajstić information content (AvgIpc) is 2.77. The van der Waals surface area contributed by atoms with Crippen LogP contribution >= 0.6 is 0 Å². The van der Waals surface area contributed by atoms with Gasteiger partial charge in [-0.3, -0.25) is 14.2 Å². The van der Waals surface area contributed by atoms with Crippen LogP contribution in [0.25, 0.3) is 10.9 Å². The van der Waals surface area contributed by atoms with Gasteiger partial charge in [-0.25, -0.2) is 4.79 Å². The summed E-state index contributed by atoms with van der Waals surface area (Å²) in [7, 11) is 0. The number of hydrogen-bond acceptors (Lipinski definition) is 4. The van der Waals surface area contributed by atoms with Gasteiger partial charge in [-0.05, 0) is 42.3 Å². The Kier molecular flexibility index (Phi) is 5.66. The topological polar surface area (TPSA) is 93.2 Å². The number of amides is 1. The molecular weight excluding hydrogens is 394 g/mol. The number of nitrogens with zero attached hydrogens (tertiary/aromatic N) is 1. The third kappa shape index (κ3) is 4.56. The minimum absolute atomic E-state index is 0.344. The predicted octanol–water partition coefficient (Wildman–Crippen LogP) is 3.22. The Morgan fingerprint density at radius 3 is 2.55 bits per heavy atom. The molecule has 0 radical (unpaired) electrons. The third-order valence-electron chi connectivity index (χ3n) is 4.84. The molecule has 0 aliphatic rings. The number of aromatic nitrogens is 2. The third-order valence-corrected chi connectivity index (χ3v) is 4.84. The average molecular weight is 415 g/mol. The smallest absolute Gasteiger partial charge is 0.329 e. The highest BCUT2D eigenvalue weighted by Gasteiger charge is 2.13. The van der Waals surface area contributed by atoms with Gasteiger partial charge in [0.15, 0.2) is 0 Å². The van der Waals surface area contributed by atoms with Gasteiger partial charge in [0, 0.05) is 0 Å². The van der Waals surface area contributed by atoms with Gasteiger partial charge in [0.05, 0.1) is 16.6 Å². The van der Waals surface area contributed by atoms with Crippen LogP contribution in [0.5, 0.6) is 5.75 Å². The van der Waals surface area contributed by atoms with Crippen LogP contribution in [0.3, 0.4) is 0 Å². The maximum atomic E-state index is 12.7. The normalized spacial score (nSPS) is 10.7. The Morgan fingerprint density at radius 2 is 1.74 bits per heavy atom. The second-order valence-electron chi connectivity index (χ2n) is 7.19. The van der Waals surface area contributed by atoms with E-state index in [4.69, 9.17) is 4.74 Å². The van der Waals surface area contributed by atoms with Gasteiger partial charge in [0.25, 0.3) is 5.56 Å². The first-order chi connectivity index (χ1) is 15.0. The molecule has 0 aliphatic heterocycles. The molecule has 7 heteroatoms. The van der Waals surface area contributed by atoms with E-state index < -0.39 is 23.7 Å². The summed E-state index contributed by atoms with van der Waals surface area (Å²) in [5.41, 5.74) is 1.72. The fraction of sp³-hybridized carbons (Fsp3) is 0.125. The Morgan fingerprint density at radius 1 is 1.00 bits per heavy atom. The number of hydrogen-bond donors (Lipinski definition) is 2. The van der Waals surface area contributed by atoms with Crippen molar-refractivity contribution in [3.05, 3.63) is 105 Å². The second-order valence-corrected chi connectivity index (χ2v) is 7.19. The van der Waals surface area contributed by atoms with E-state index in [-0.39, 0.29) is 0 Å². The van der Waals surface area contributed by atoms with Crippen LogP contribution in [-0.4, -0.2) is 15.5 Å². The first kappa shape index (κ1) is 20.2. The van der Waals surface area contributed by atoms with Crippen molar-refractivity contribution in [2.75, 3.05) is 5.32 Å². The van der Waals surface area contributed by atoms with Crippen molar-refractivity contribution in [2.24, 2.45) is 0 Å². The highest BCUT2D eigenvalue weighted by Crippen LogP contribution is 2.26. The lowest BCUT2D eigenvalue weighted by atomic mass is 10.2. The zero-order valence-corrected chi connectivity index (χ0v) is 16.9. The zero-order valence-electron chi connectivity index (χ0n) is 16.9. The molecule has 0 aliphatic carbocycles. The first-order valence-corrected chi connectivity index (χ1v) is 9.80. The minimum Gasteiger partial charge on any atom is -0.487 e. The van der Waals surface area contributed by atoms with Crippen LogP contribution in [-0.2, 0) is 17.9 Å². The van der Waals surface area contributed by atoms with Gasteiger partial charge < -0.3 is 15.0 Å². The fourth-order valence-corrected chi connectivity index (χ4v) is 3.26. The maximum Gasteiger partial charge on any atom is 0.329 e. The Labute approximate surface area is 177 Å². The summed E-state index contributed by atoms with van der Waals surface area (Å²) in [6.45, 7) is 1.86. The van der Waals surface area contributed by atoms with E-state index in [0.29, 0.717) is 28.9 Å². The summed E-state index contributed by atoms with van der Waals surface area (Å²) >= 11 is 0. The number of nitrogens with one attached hydrogen (secondary N) is 2. The van der Waals surface area contributed by atoms with E-state index in [9.17, 15) is 14.4 Å². The number of aromatic amines is 1. The molecule has 7 nitrogen and oxygen atoms in total. The number of carbonyl (C=O) groups excluding carboxylic acids is 1. The first-order valence-electron chi connectivity index (χ1n) is 9.80. The summed E-state index contributed by atoms with van der Waals surface area (Å²) in [5, 5.41) is 3.09. The molecule has 0 bridgehead atoms. The van der Waals surface area contributed by atoms with E-state index in [1.807, 2.05) is 49.4 Å². The quantitative estimate of drug-likeness (QED) is 0.506. The summed E-state index contributed by atoms with van der Waals surface area (Å²) < 4.78 is 6.79. The number of benzene rings is 3. The van der Waals surface area contributed by atoms with Crippen molar-refractivity contribution < 1.29 is 9.53 Å². The molecule has 0 saturated heterocycles. The zero-order chi connectivity index (χ0) is 21.8. The van der Waals surface area contributed by atoms with E-state index in [2.05, 4.69) is 10.3 Å².